The van der Waals surface area contributed by atoms with E-state index in [4.69, 9.17) is 18.9 Å². The van der Waals surface area contributed by atoms with E-state index in [2.05, 4.69) is 0 Å². The van der Waals surface area contributed by atoms with Gasteiger partial charge in [-0.25, -0.2) is 0 Å². The summed E-state index contributed by atoms with van der Waals surface area (Å²) in [7, 11) is 4.69. The molecule has 2 aromatic rings. The Morgan fingerprint density at radius 3 is 2.46 bits per heavy atom. The Morgan fingerprint density at radius 1 is 1.04 bits per heavy atom. The minimum absolute atomic E-state index is 0.127. The average molecular weight is 355 g/mol. The summed E-state index contributed by atoms with van der Waals surface area (Å²) in [5, 5.41) is 0. The first kappa shape index (κ1) is 17.7. The number of carbonyl (C=O) groups excluding carboxylic acids is 1. The highest BCUT2D eigenvalue weighted by Gasteiger charge is 2.21. The van der Waals surface area contributed by atoms with Crippen molar-refractivity contribution in [2.24, 2.45) is 0 Å². The quantitative estimate of drug-likeness (QED) is 0.771. The Morgan fingerprint density at radius 2 is 1.73 bits per heavy atom. The molecule has 0 aromatic heterocycles. The van der Waals surface area contributed by atoms with E-state index < -0.39 is 0 Å². The Balaban J connectivity index is 1.87. The Hall–Kier alpha value is -3.15. The molecule has 0 unspecified atom stereocenters. The van der Waals surface area contributed by atoms with Gasteiger partial charge in [0.15, 0.2) is 11.5 Å². The van der Waals surface area contributed by atoms with Gasteiger partial charge in [0, 0.05) is 17.7 Å². The van der Waals surface area contributed by atoms with Gasteiger partial charge in [0.2, 0.25) is 0 Å². The predicted molar refractivity (Wildman–Crippen MR) is 99.4 cm³/mol. The summed E-state index contributed by atoms with van der Waals surface area (Å²) in [6.07, 6.45) is 3.23. The van der Waals surface area contributed by atoms with Crippen LogP contribution >= 0.6 is 0 Å². The zero-order valence-corrected chi connectivity index (χ0v) is 15.0. The molecule has 26 heavy (non-hydrogen) atoms. The predicted octanol–water partition coefficient (Wildman–Crippen LogP) is 3.15. The van der Waals surface area contributed by atoms with Crippen molar-refractivity contribution in [3.05, 3.63) is 48.0 Å². The minimum atomic E-state index is -0.127. The number of ether oxygens (including phenoxy) is 4. The van der Waals surface area contributed by atoms with Crippen molar-refractivity contribution in [3.63, 3.8) is 0 Å². The second kappa shape index (κ2) is 7.82. The molecule has 1 amide bonds. The molecule has 0 aliphatic carbocycles. The molecule has 2 aromatic carbocycles. The zero-order valence-electron chi connectivity index (χ0n) is 15.0. The molecule has 0 saturated carbocycles. The lowest BCUT2D eigenvalue weighted by molar-refractivity contribution is -0.114. The van der Waals surface area contributed by atoms with Crippen LogP contribution in [0.2, 0.25) is 0 Å². The highest BCUT2D eigenvalue weighted by Crippen LogP contribution is 2.35. The summed E-state index contributed by atoms with van der Waals surface area (Å²) in [5.41, 5.74) is 1.49. The summed E-state index contributed by atoms with van der Waals surface area (Å²) in [5.74, 6) is 2.31. The lowest BCUT2D eigenvalue weighted by Gasteiger charge is -2.28. The number of hydrogen-bond acceptors (Lipinski definition) is 5. The highest BCUT2D eigenvalue weighted by molar-refractivity contribution is 6.05. The van der Waals surface area contributed by atoms with Gasteiger partial charge in [-0.05, 0) is 24.3 Å². The van der Waals surface area contributed by atoms with Gasteiger partial charge in [0.1, 0.15) is 18.1 Å². The molecular weight excluding hydrogens is 334 g/mol. The van der Waals surface area contributed by atoms with Crippen LogP contribution in [0.1, 0.15) is 5.56 Å². The van der Waals surface area contributed by atoms with E-state index in [1.54, 1.807) is 44.4 Å². The number of rotatable bonds is 5. The van der Waals surface area contributed by atoms with E-state index in [0.29, 0.717) is 36.1 Å². The molecular formula is C20H21NO5. The van der Waals surface area contributed by atoms with Crippen LogP contribution in [0.15, 0.2) is 42.5 Å². The zero-order chi connectivity index (χ0) is 18.5. The second-order valence-electron chi connectivity index (χ2n) is 5.59. The van der Waals surface area contributed by atoms with Gasteiger partial charge in [0.25, 0.3) is 5.91 Å². The number of para-hydroxylation sites is 2. The maximum absolute atomic E-state index is 12.7. The molecule has 1 aliphatic heterocycles. The monoisotopic (exact) mass is 355 g/mol. The second-order valence-corrected chi connectivity index (χ2v) is 5.59. The molecule has 3 rings (SSSR count). The van der Waals surface area contributed by atoms with Gasteiger partial charge in [-0.1, -0.05) is 12.1 Å². The van der Waals surface area contributed by atoms with E-state index in [1.165, 1.54) is 6.08 Å². The fourth-order valence-corrected chi connectivity index (χ4v) is 2.83. The molecule has 0 bridgehead atoms. The van der Waals surface area contributed by atoms with E-state index in [9.17, 15) is 4.79 Å². The number of nitrogens with zero attached hydrogens (tertiary/aromatic N) is 1. The van der Waals surface area contributed by atoms with Gasteiger partial charge >= 0.3 is 0 Å². The van der Waals surface area contributed by atoms with Crippen molar-refractivity contribution in [2.75, 3.05) is 39.4 Å². The molecule has 0 spiro atoms. The summed E-state index contributed by atoms with van der Waals surface area (Å²) < 4.78 is 21.6. The fraction of sp³-hybridized carbons (Fsp3) is 0.250. The van der Waals surface area contributed by atoms with Crippen LogP contribution in [0.3, 0.4) is 0 Å². The Labute approximate surface area is 152 Å². The van der Waals surface area contributed by atoms with Crippen molar-refractivity contribution >= 4 is 17.7 Å². The first-order valence-corrected chi connectivity index (χ1v) is 8.19. The molecule has 1 aliphatic rings. The van der Waals surface area contributed by atoms with Gasteiger partial charge in [-0.15, -0.1) is 0 Å². The van der Waals surface area contributed by atoms with Crippen molar-refractivity contribution in [3.8, 4) is 23.0 Å². The third-order valence-corrected chi connectivity index (χ3v) is 4.14. The van der Waals surface area contributed by atoms with Crippen molar-refractivity contribution in [1.82, 2.24) is 0 Å². The standard InChI is InChI=1S/C20H21NO5/c1-23-17-13-19(25-3)18(24-2)12-14(17)8-9-20(22)21-10-11-26-16-7-5-4-6-15(16)21/h4-9,12-13H,10-11H2,1-3H3/b9-8+. The maximum atomic E-state index is 12.7. The van der Waals surface area contributed by atoms with Crippen molar-refractivity contribution in [2.45, 2.75) is 0 Å². The summed E-state index contributed by atoms with van der Waals surface area (Å²) in [6.45, 7) is 0.972. The summed E-state index contributed by atoms with van der Waals surface area (Å²) in [6, 6.07) is 11.0. The van der Waals surface area contributed by atoms with Crippen molar-refractivity contribution < 1.29 is 23.7 Å². The number of amides is 1. The Bertz CT molecular complexity index is 831. The molecule has 0 saturated heterocycles. The average Bonchev–Trinajstić information content (AvgIpc) is 2.70. The number of benzene rings is 2. The van der Waals surface area contributed by atoms with E-state index in [0.717, 1.165) is 11.3 Å². The summed E-state index contributed by atoms with van der Waals surface area (Å²) in [4.78, 5) is 14.4. The van der Waals surface area contributed by atoms with Gasteiger partial charge in [-0.3, -0.25) is 4.79 Å². The van der Waals surface area contributed by atoms with Gasteiger partial charge in [0.05, 0.1) is 33.6 Å². The van der Waals surface area contributed by atoms with E-state index >= 15 is 0 Å². The van der Waals surface area contributed by atoms with Gasteiger partial charge < -0.3 is 23.8 Å². The topological polar surface area (TPSA) is 57.2 Å². The molecule has 0 N–H and O–H groups in total. The smallest absolute Gasteiger partial charge is 0.251 e. The van der Waals surface area contributed by atoms with Crippen LogP contribution < -0.4 is 23.8 Å². The summed E-state index contributed by atoms with van der Waals surface area (Å²) >= 11 is 0. The first-order valence-electron chi connectivity index (χ1n) is 8.19. The maximum Gasteiger partial charge on any atom is 0.251 e. The lowest BCUT2D eigenvalue weighted by atomic mass is 10.1. The number of hydrogen-bond donors (Lipinski definition) is 0. The highest BCUT2D eigenvalue weighted by atomic mass is 16.5. The fourth-order valence-electron chi connectivity index (χ4n) is 2.83. The number of anilines is 1. The molecule has 1 heterocycles. The molecule has 6 nitrogen and oxygen atoms in total. The lowest BCUT2D eigenvalue weighted by Crippen LogP contribution is -2.36. The van der Waals surface area contributed by atoms with Crippen LogP contribution in [0.5, 0.6) is 23.0 Å². The molecule has 0 radical (unpaired) electrons. The number of fused-ring (bicyclic) bond motifs is 1. The molecule has 6 heteroatoms. The Kier molecular flexibility index (Phi) is 5.31. The van der Waals surface area contributed by atoms with Crippen molar-refractivity contribution in [1.29, 1.82) is 0 Å². The van der Waals surface area contributed by atoms with E-state index in [-0.39, 0.29) is 5.91 Å². The number of carbonyl (C=O) groups is 1. The normalized spacial score (nSPS) is 13.1. The van der Waals surface area contributed by atoms with Crippen LogP contribution in [0.4, 0.5) is 5.69 Å². The molecule has 136 valence electrons. The minimum Gasteiger partial charge on any atom is -0.496 e. The van der Waals surface area contributed by atoms with Crippen LogP contribution in [-0.4, -0.2) is 40.4 Å². The molecule has 0 atom stereocenters. The largest absolute Gasteiger partial charge is 0.496 e. The third kappa shape index (κ3) is 3.44. The first-order chi connectivity index (χ1) is 12.7. The van der Waals surface area contributed by atoms with E-state index in [1.807, 2.05) is 24.3 Å². The third-order valence-electron chi connectivity index (χ3n) is 4.14. The number of methoxy groups -OCH3 is 3. The van der Waals surface area contributed by atoms with Crippen LogP contribution in [0, 0.1) is 0 Å². The van der Waals surface area contributed by atoms with Gasteiger partial charge in [-0.2, -0.15) is 0 Å². The van der Waals surface area contributed by atoms with Crippen LogP contribution in [-0.2, 0) is 4.79 Å². The van der Waals surface area contributed by atoms with Crippen LogP contribution in [0.25, 0.3) is 6.08 Å². The SMILES string of the molecule is COc1cc(OC)c(OC)cc1/C=C/C(=O)N1CCOc2ccccc21. The molecule has 0 fully saturated rings.